The van der Waals surface area contributed by atoms with Gasteiger partial charge in [-0.2, -0.15) is 5.10 Å². The van der Waals surface area contributed by atoms with Gasteiger partial charge in [-0.05, 0) is 25.8 Å². The summed E-state index contributed by atoms with van der Waals surface area (Å²) in [5.74, 6) is -0.531. The molecule has 1 unspecified atom stereocenters. The van der Waals surface area contributed by atoms with Crippen molar-refractivity contribution < 1.29 is 9.59 Å². The first-order chi connectivity index (χ1) is 11.5. The minimum Gasteiger partial charge on any atom is -0.348 e. The lowest BCUT2D eigenvalue weighted by Crippen LogP contribution is -2.36. The van der Waals surface area contributed by atoms with Gasteiger partial charge in [0.25, 0.3) is 5.91 Å². The zero-order valence-electron chi connectivity index (χ0n) is 13.7. The Kier molecular flexibility index (Phi) is 4.75. The van der Waals surface area contributed by atoms with Gasteiger partial charge in [0.2, 0.25) is 5.91 Å². The van der Waals surface area contributed by atoms with Gasteiger partial charge >= 0.3 is 0 Å². The number of amides is 2. The van der Waals surface area contributed by atoms with Crippen LogP contribution in [0.5, 0.6) is 0 Å². The highest BCUT2D eigenvalue weighted by Gasteiger charge is 2.20. The Morgan fingerprint density at radius 2 is 2.08 bits per heavy atom. The van der Waals surface area contributed by atoms with Crippen LogP contribution in [0.1, 0.15) is 49.5 Å². The molecule has 128 valence electrons. The van der Waals surface area contributed by atoms with Crippen LogP contribution in [0.4, 0.5) is 5.69 Å². The summed E-state index contributed by atoms with van der Waals surface area (Å²) in [7, 11) is 0. The number of hydrogen-bond acceptors (Lipinski definition) is 5. The molecule has 2 amide bonds. The Morgan fingerprint density at radius 3 is 2.79 bits per heavy atom. The van der Waals surface area contributed by atoms with E-state index in [1.807, 2.05) is 0 Å². The quantitative estimate of drug-likeness (QED) is 0.776. The monoisotopic (exact) mass is 330 g/mol. The predicted octanol–water partition coefficient (Wildman–Crippen LogP) is 1.08. The molecule has 8 heteroatoms. The average molecular weight is 330 g/mol. The number of carbonyl (C=O) groups excluding carboxylic acids is 2. The van der Waals surface area contributed by atoms with Crippen LogP contribution < -0.4 is 16.4 Å². The van der Waals surface area contributed by atoms with Crippen molar-refractivity contribution >= 4 is 23.1 Å². The minimum absolute atomic E-state index is 0.210. The zero-order chi connectivity index (χ0) is 17.1. The molecular weight excluding hydrogens is 308 g/mol. The van der Waals surface area contributed by atoms with Crippen molar-refractivity contribution in [2.75, 3.05) is 5.32 Å². The Bertz CT molecular complexity index is 748. The first-order valence-electron chi connectivity index (χ1n) is 8.26. The second kappa shape index (κ2) is 6.96. The Labute approximate surface area is 139 Å². The molecule has 0 spiro atoms. The maximum absolute atomic E-state index is 12.4. The number of nitrogens with zero attached hydrogens (tertiary/aromatic N) is 3. The molecule has 2 aromatic heterocycles. The van der Waals surface area contributed by atoms with Crippen LogP contribution in [-0.2, 0) is 4.79 Å². The number of carbonyl (C=O) groups is 2. The van der Waals surface area contributed by atoms with E-state index >= 15 is 0 Å². The van der Waals surface area contributed by atoms with Crippen molar-refractivity contribution in [3.8, 4) is 0 Å². The maximum atomic E-state index is 12.4. The molecule has 1 atom stereocenters. The van der Waals surface area contributed by atoms with E-state index in [0.29, 0.717) is 11.3 Å². The molecule has 4 N–H and O–H groups in total. The normalized spacial score (nSPS) is 16.8. The van der Waals surface area contributed by atoms with Crippen molar-refractivity contribution in [3.05, 3.63) is 24.2 Å². The van der Waals surface area contributed by atoms with Crippen LogP contribution in [0.3, 0.4) is 0 Å². The van der Waals surface area contributed by atoms with Gasteiger partial charge in [0.15, 0.2) is 5.65 Å². The standard InChI is InChI=1S/C16H22N6O2/c1-10(17)15(23)21-12-7-8-18-22-9-13(20-14(12)22)16(24)19-11-5-3-2-4-6-11/h7-11H,2-6,17H2,1H3,(H,19,24)(H,21,23). The summed E-state index contributed by atoms with van der Waals surface area (Å²) in [6.45, 7) is 1.60. The molecule has 1 aliphatic carbocycles. The third-order valence-electron chi connectivity index (χ3n) is 4.21. The summed E-state index contributed by atoms with van der Waals surface area (Å²) in [4.78, 5) is 28.5. The van der Waals surface area contributed by atoms with Crippen molar-refractivity contribution in [3.63, 3.8) is 0 Å². The van der Waals surface area contributed by atoms with Crippen molar-refractivity contribution in [2.24, 2.45) is 5.73 Å². The fourth-order valence-corrected chi connectivity index (χ4v) is 2.86. The molecule has 0 saturated heterocycles. The highest BCUT2D eigenvalue weighted by molar-refractivity contribution is 5.98. The van der Waals surface area contributed by atoms with Crippen LogP contribution in [0, 0.1) is 0 Å². The fraction of sp³-hybridized carbons (Fsp3) is 0.500. The summed E-state index contributed by atoms with van der Waals surface area (Å²) in [6.07, 6.45) is 8.63. The number of hydrogen-bond donors (Lipinski definition) is 3. The average Bonchev–Trinajstić information content (AvgIpc) is 3.01. The van der Waals surface area contributed by atoms with Gasteiger partial charge < -0.3 is 16.4 Å². The van der Waals surface area contributed by atoms with Crippen molar-refractivity contribution in [1.29, 1.82) is 0 Å². The smallest absolute Gasteiger partial charge is 0.271 e. The summed E-state index contributed by atoms with van der Waals surface area (Å²) in [5, 5.41) is 9.86. The summed E-state index contributed by atoms with van der Waals surface area (Å²) in [5.41, 5.74) is 6.75. The number of anilines is 1. The maximum Gasteiger partial charge on any atom is 0.271 e. The van der Waals surface area contributed by atoms with Gasteiger partial charge in [0, 0.05) is 6.04 Å². The lowest BCUT2D eigenvalue weighted by Gasteiger charge is -2.22. The van der Waals surface area contributed by atoms with E-state index in [-0.39, 0.29) is 23.6 Å². The highest BCUT2D eigenvalue weighted by atomic mass is 16.2. The van der Waals surface area contributed by atoms with Gasteiger partial charge in [0.05, 0.1) is 24.1 Å². The summed E-state index contributed by atoms with van der Waals surface area (Å²) < 4.78 is 1.48. The molecule has 0 bridgehead atoms. The molecule has 8 nitrogen and oxygen atoms in total. The molecule has 1 saturated carbocycles. The first kappa shape index (κ1) is 16.4. The molecule has 2 aromatic rings. The van der Waals surface area contributed by atoms with E-state index < -0.39 is 6.04 Å². The lowest BCUT2D eigenvalue weighted by molar-refractivity contribution is -0.117. The van der Waals surface area contributed by atoms with E-state index in [9.17, 15) is 9.59 Å². The molecule has 1 aliphatic rings. The molecule has 0 aliphatic heterocycles. The molecule has 1 fully saturated rings. The topological polar surface area (TPSA) is 114 Å². The third kappa shape index (κ3) is 3.53. The van der Waals surface area contributed by atoms with E-state index in [1.165, 1.54) is 17.1 Å². The number of nitrogens with two attached hydrogens (primary N) is 1. The van der Waals surface area contributed by atoms with Gasteiger partial charge in [-0.25, -0.2) is 9.50 Å². The van der Waals surface area contributed by atoms with E-state index in [1.54, 1.807) is 19.2 Å². The number of aromatic nitrogens is 3. The fourth-order valence-electron chi connectivity index (χ4n) is 2.86. The van der Waals surface area contributed by atoms with Crippen molar-refractivity contribution in [1.82, 2.24) is 19.9 Å². The summed E-state index contributed by atoms with van der Waals surface area (Å²) >= 11 is 0. The largest absolute Gasteiger partial charge is 0.348 e. The van der Waals surface area contributed by atoms with Crippen LogP contribution in [0.2, 0.25) is 0 Å². The van der Waals surface area contributed by atoms with Gasteiger partial charge in [-0.15, -0.1) is 0 Å². The van der Waals surface area contributed by atoms with Crippen LogP contribution in [0.15, 0.2) is 18.5 Å². The molecule has 0 aromatic carbocycles. The minimum atomic E-state index is -0.637. The van der Waals surface area contributed by atoms with Crippen LogP contribution >= 0.6 is 0 Å². The Morgan fingerprint density at radius 1 is 1.33 bits per heavy atom. The SMILES string of the molecule is CC(N)C(=O)Nc1ccnn2cc(C(=O)NC3CCCCC3)nc12. The molecular formula is C16H22N6O2. The second-order valence-corrected chi connectivity index (χ2v) is 6.23. The van der Waals surface area contributed by atoms with Crippen LogP contribution in [0.25, 0.3) is 5.65 Å². The van der Waals surface area contributed by atoms with Gasteiger partial charge in [0.1, 0.15) is 5.69 Å². The number of fused-ring (bicyclic) bond motifs is 1. The predicted molar refractivity (Wildman–Crippen MR) is 89.6 cm³/mol. The molecule has 3 rings (SSSR count). The number of imidazole rings is 1. The number of rotatable bonds is 4. The number of nitrogens with one attached hydrogen (secondary N) is 2. The second-order valence-electron chi connectivity index (χ2n) is 6.23. The molecule has 2 heterocycles. The molecule has 0 radical (unpaired) electrons. The van der Waals surface area contributed by atoms with E-state index in [4.69, 9.17) is 5.73 Å². The van der Waals surface area contributed by atoms with Gasteiger partial charge in [-0.1, -0.05) is 19.3 Å². The third-order valence-corrected chi connectivity index (χ3v) is 4.21. The molecule has 24 heavy (non-hydrogen) atoms. The summed E-state index contributed by atoms with van der Waals surface area (Å²) in [6, 6.07) is 1.20. The van der Waals surface area contributed by atoms with Crippen LogP contribution in [-0.4, -0.2) is 38.5 Å². The highest BCUT2D eigenvalue weighted by Crippen LogP contribution is 2.19. The van der Waals surface area contributed by atoms with Gasteiger partial charge in [-0.3, -0.25) is 9.59 Å². The Balaban J connectivity index is 1.80. The van der Waals surface area contributed by atoms with E-state index in [0.717, 1.165) is 25.7 Å². The van der Waals surface area contributed by atoms with Crippen molar-refractivity contribution in [2.45, 2.75) is 51.1 Å². The van der Waals surface area contributed by atoms with E-state index in [2.05, 4.69) is 20.7 Å². The zero-order valence-corrected chi connectivity index (χ0v) is 13.7. The lowest BCUT2D eigenvalue weighted by atomic mass is 9.95. The first-order valence-corrected chi connectivity index (χ1v) is 8.26. The Hall–Kier alpha value is -2.48.